The van der Waals surface area contributed by atoms with Crippen LogP contribution in [0, 0.1) is 17.8 Å². The molecule has 120 valence electrons. The number of hydrogen-bond acceptors (Lipinski definition) is 3. The molecule has 1 saturated carbocycles. The Bertz CT molecular complexity index is 563. The molecule has 0 aromatic carbocycles. The molecule has 4 heteroatoms. The Morgan fingerprint density at radius 1 is 1.18 bits per heavy atom. The highest BCUT2D eigenvalue weighted by molar-refractivity contribution is 5.99. The van der Waals surface area contributed by atoms with Gasteiger partial charge in [0.05, 0.1) is 17.4 Å². The summed E-state index contributed by atoms with van der Waals surface area (Å²) in [6.07, 6.45) is 6.88. The van der Waals surface area contributed by atoms with Crippen LogP contribution in [0.15, 0.2) is 23.4 Å². The first-order chi connectivity index (χ1) is 10.3. The number of hydrogen-bond donors (Lipinski definition) is 1. The number of rotatable bonds is 2. The van der Waals surface area contributed by atoms with Crippen molar-refractivity contribution in [2.45, 2.75) is 52.1 Å². The van der Waals surface area contributed by atoms with Crippen molar-refractivity contribution >= 4 is 11.7 Å². The summed E-state index contributed by atoms with van der Waals surface area (Å²) < 4.78 is 0. The zero-order chi connectivity index (χ0) is 16.1. The Labute approximate surface area is 131 Å². The first-order valence-corrected chi connectivity index (χ1v) is 8.30. The van der Waals surface area contributed by atoms with Crippen molar-refractivity contribution in [3.05, 3.63) is 23.4 Å². The van der Waals surface area contributed by atoms with Gasteiger partial charge in [-0.25, -0.2) is 0 Å². The van der Waals surface area contributed by atoms with Gasteiger partial charge in [-0.05, 0) is 64.0 Å². The van der Waals surface area contributed by atoms with E-state index in [-0.39, 0.29) is 23.5 Å². The van der Waals surface area contributed by atoms with E-state index in [1.54, 1.807) is 6.08 Å². The normalized spacial score (nSPS) is 38.7. The molecule has 2 aliphatic carbocycles. The summed E-state index contributed by atoms with van der Waals surface area (Å²) in [7, 11) is 0. The number of allylic oxidation sites excluding steroid dienone is 3. The van der Waals surface area contributed by atoms with Crippen molar-refractivity contribution < 1.29 is 14.7 Å². The second-order valence-electron chi connectivity index (χ2n) is 7.41. The minimum absolute atomic E-state index is 0.0808. The second kappa shape index (κ2) is 5.34. The first-order valence-electron chi connectivity index (χ1n) is 8.30. The summed E-state index contributed by atoms with van der Waals surface area (Å²) >= 11 is 0. The molecule has 4 nitrogen and oxygen atoms in total. The van der Waals surface area contributed by atoms with E-state index in [1.165, 1.54) is 0 Å². The molecule has 1 amide bonds. The van der Waals surface area contributed by atoms with Gasteiger partial charge in [0, 0.05) is 12.2 Å². The summed E-state index contributed by atoms with van der Waals surface area (Å²) in [5.41, 5.74) is 1.38. The average molecular weight is 303 g/mol. The van der Waals surface area contributed by atoms with Crippen LogP contribution in [0.4, 0.5) is 0 Å². The van der Waals surface area contributed by atoms with Gasteiger partial charge in [-0.15, -0.1) is 0 Å². The number of amides is 1. The summed E-state index contributed by atoms with van der Waals surface area (Å²) in [4.78, 5) is 26.5. The maximum absolute atomic E-state index is 12.6. The quantitative estimate of drug-likeness (QED) is 0.852. The first kappa shape index (κ1) is 15.5. The summed E-state index contributed by atoms with van der Waals surface area (Å²) in [5, 5.41) is 10.1. The molecule has 0 aromatic heterocycles. The van der Waals surface area contributed by atoms with Gasteiger partial charge in [-0.2, -0.15) is 0 Å². The van der Waals surface area contributed by atoms with Gasteiger partial charge in [0.25, 0.3) is 0 Å². The molecular weight excluding hydrogens is 278 g/mol. The number of carbonyl (C=O) groups is 2. The highest BCUT2D eigenvalue weighted by Gasteiger charge is 2.42. The molecular formula is C18H25NO3. The largest absolute Gasteiger partial charge is 0.390 e. The third-order valence-electron chi connectivity index (χ3n) is 5.58. The Hall–Kier alpha value is -1.42. The molecule has 3 rings (SSSR count). The van der Waals surface area contributed by atoms with Crippen LogP contribution >= 0.6 is 0 Å². The maximum atomic E-state index is 12.6. The van der Waals surface area contributed by atoms with Crippen LogP contribution in [0.3, 0.4) is 0 Å². The molecule has 0 bridgehead atoms. The van der Waals surface area contributed by atoms with E-state index in [0.717, 1.165) is 37.0 Å². The molecule has 3 aliphatic rings. The third kappa shape index (κ3) is 2.54. The molecule has 1 N–H and O–H groups in total. The Kier molecular flexibility index (Phi) is 3.76. The standard InChI is InChI=1S/C18H25NO3/c1-11-14-4-5-15(20)12(2)16(14)19(17(11)21)10-13-6-8-18(3,22)9-7-13/h4-5,11-13,22H,6-10H2,1-3H3. The van der Waals surface area contributed by atoms with Crippen LogP contribution in [-0.2, 0) is 9.59 Å². The zero-order valence-electron chi connectivity index (χ0n) is 13.6. The summed E-state index contributed by atoms with van der Waals surface area (Å²) in [6.45, 7) is 6.39. The molecule has 0 spiro atoms. The van der Waals surface area contributed by atoms with Gasteiger partial charge in [-0.1, -0.05) is 6.08 Å². The van der Waals surface area contributed by atoms with Crippen LogP contribution in [0.25, 0.3) is 0 Å². The number of nitrogens with zero attached hydrogens (tertiary/aromatic N) is 1. The van der Waals surface area contributed by atoms with E-state index in [4.69, 9.17) is 0 Å². The molecule has 0 saturated heterocycles. The maximum Gasteiger partial charge on any atom is 0.234 e. The van der Waals surface area contributed by atoms with Gasteiger partial charge in [0.2, 0.25) is 5.91 Å². The van der Waals surface area contributed by atoms with E-state index in [1.807, 2.05) is 31.7 Å². The molecule has 0 radical (unpaired) electrons. The molecule has 2 unspecified atom stereocenters. The predicted molar refractivity (Wildman–Crippen MR) is 83.8 cm³/mol. The monoisotopic (exact) mass is 303 g/mol. The van der Waals surface area contributed by atoms with E-state index in [0.29, 0.717) is 12.5 Å². The van der Waals surface area contributed by atoms with Crippen molar-refractivity contribution in [2.24, 2.45) is 17.8 Å². The SMILES string of the molecule is CC1C(=O)N(CC2CCC(C)(O)CC2)C2=C1C=CC(=O)C2C. The molecule has 22 heavy (non-hydrogen) atoms. The van der Waals surface area contributed by atoms with Crippen molar-refractivity contribution in [2.75, 3.05) is 6.54 Å². The Morgan fingerprint density at radius 3 is 2.45 bits per heavy atom. The van der Waals surface area contributed by atoms with Crippen molar-refractivity contribution in [1.29, 1.82) is 0 Å². The highest BCUT2D eigenvalue weighted by Crippen LogP contribution is 2.40. The fourth-order valence-corrected chi connectivity index (χ4v) is 3.96. The number of ketones is 1. The fraction of sp³-hybridized carbons (Fsp3) is 0.667. The number of carbonyl (C=O) groups excluding carboxylic acids is 2. The van der Waals surface area contributed by atoms with E-state index in [2.05, 4.69) is 0 Å². The molecule has 1 aliphatic heterocycles. The fourth-order valence-electron chi connectivity index (χ4n) is 3.96. The third-order valence-corrected chi connectivity index (χ3v) is 5.58. The van der Waals surface area contributed by atoms with Crippen molar-refractivity contribution in [3.63, 3.8) is 0 Å². The molecule has 2 atom stereocenters. The zero-order valence-corrected chi connectivity index (χ0v) is 13.6. The highest BCUT2D eigenvalue weighted by atomic mass is 16.3. The van der Waals surface area contributed by atoms with Gasteiger partial charge in [0.15, 0.2) is 5.78 Å². The number of aliphatic hydroxyl groups is 1. The Balaban J connectivity index is 1.78. The predicted octanol–water partition coefficient (Wildman–Crippen LogP) is 2.44. The lowest BCUT2D eigenvalue weighted by Crippen LogP contribution is -2.39. The summed E-state index contributed by atoms with van der Waals surface area (Å²) in [6, 6.07) is 0. The minimum Gasteiger partial charge on any atom is -0.390 e. The van der Waals surface area contributed by atoms with Crippen LogP contribution in [-0.4, -0.2) is 33.8 Å². The topological polar surface area (TPSA) is 57.6 Å². The lowest BCUT2D eigenvalue weighted by molar-refractivity contribution is -0.131. The molecule has 0 aromatic rings. The lowest BCUT2D eigenvalue weighted by atomic mass is 9.79. The second-order valence-corrected chi connectivity index (χ2v) is 7.41. The van der Waals surface area contributed by atoms with Gasteiger partial charge in [0.1, 0.15) is 0 Å². The van der Waals surface area contributed by atoms with Crippen LogP contribution in [0.1, 0.15) is 46.5 Å². The minimum atomic E-state index is -0.555. The van der Waals surface area contributed by atoms with Gasteiger partial charge in [-0.3, -0.25) is 9.59 Å². The van der Waals surface area contributed by atoms with Crippen molar-refractivity contribution in [1.82, 2.24) is 4.90 Å². The van der Waals surface area contributed by atoms with E-state index >= 15 is 0 Å². The van der Waals surface area contributed by atoms with Gasteiger partial charge >= 0.3 is 0 Å². The van der Waals surface area contributed by atoms with Gasteiger partial charge < -0.3 is 10.0 Å². The molecule has 1 heterocycles. The Morgan fingerprint density at radius 2 is 1.82 bits per heavy atom. The van der Waals surface area contributed by atoms with Crippen LogP contribution in [0.5, 0.6) is 0 Å². The molecule has 1 fully saturated rings. The van der Waals surface area contributed by atoms with Crippen LogP contribution < -0.4 is 0 Å². The van der Waals surface area contributed by atoms with Crippen molar-refractivity contribution in [3.8, 4) is 0 Å². The smallest absolute Gasteiger partial charge is 0.234 e. The average Bonchev–Trinajstić information content (AvgIpc) is 2.70. The summed E-state index contributed by atoms with van der Waals surface area (Å²) in [5.74, 6) is 0.247. The van der Waals surface area contributed by atoms with Crippen LogP contribution in [0.2, 0.25) is 0 Å². The van der Waals surface area contributed by atoms with E-state index < -0.39 is 5.60 Å². The van der Waals surface area contributed by atoms with E-state index in [9.17, 15) is 14.7 Å². The lowest BCUT2D eigenvalue weighted by Gasteiger charge is -2.36.